The van der Waals surface area contributed by atoms with Gasteiger partial charge in [0, 0.05) is 6.42 Å². The van der Waals surface area contributed by atoms with Crippen LogP contribution in [0.25, 0.3) is 0 Å². The van der Waals surface area contributed by atoms with Crippen molar-refractivity contribution in [1.29, 1.82) is 0 Å². The second kappa shape index (κ2) is 61.3. The van der Waals surface area contributed by atoms with Gasteiger partial charge in [0.25, 0.3) is 0 Å². The summed E-state index contributed by atoms with van der Waals surface area (Å²) in [5, 5.41) is 57.2. The minimum atomic E-state index is -1.62. The molecule has 8 unspecified atom stereocenters. The Morgan fingerprint density at radius 2 is 0.847 bits per heavy atom. The number of allylic oxidation sites excluding steroid dienone is 11. The number of nitrogens with one attached hydrogen (secondary N) is 1. The van der Waals surface area contributed by atoms with Gasteiger partial charge in [-0.2, -0.15) is 0 Å². The third-order valence-electron chi connectivity index (χ3n) is 16.6. The largest absolute Gasteiger partial charge is 0.454 e. The van der Waals surface area contributed by atoms with E-state index in [0.29, 0.717) is 19.3 Å². The molecular weight excluding hydrogens is 1060 g/mol. The van der Waals surface area contributed by atoms with E-state index in [-0.39, 0.29) is 13.0 Å². The molecule has 85 heavy (non-hydrogen) atoms. The molecule has 0 radical (unpaired) electrons. The van der Waals surface area contributed by atoms with Gasteiger partial charge in [-0.05, 0) is 70.6 Å². The molecule has 0 saturated carbocycles. The van der Waals surface area contributed by atoms with Crippen LogP contribution in [-0.4, -0.2) is 99.6 Å². The molecule has 1 heterocycles. The molecule has 1 aliphatic heterocycles. The Kier molecular flexibility index (Phi) is 57.8. The molecule has 6 N–H and O–H groups in total. The summed E-state index contributed by atoms with van der Waals surface area (Å²) in [6, 6.07) is -1.02. The van der Waals surface area contributed by atoms with Gasteiger partial charge in [-0.15, -0.1) is 0 Å². The molecule has 0 spiro atoms. The lowest BCUT2D eigenvalue weighted by atomic mass is 9.99. The number of hydrogen-bond acceptors (Lipinski definition) is 10. The van der Waals surface area contributed by atoms with Gasteiger partial charge in [0.2, 0.25) is 5.91 Å². The fraction of sp³-hybridized carbons (Fsp3) is 0.811. The van der Waals surface area contributed by atoms with Crippen LogP contribution in [0.4, 0.5) is 0 Å². The first-order valence-corrected chi connectivity index (χ1v) is 35.7. The van der Waals surface area contributed by atoms with E-state index < -0.39 is 67.4 Å². The molecule has 0 aromatic carbocycles. The van der Waals surface area contributed by atoms with Gasteiger partial charge in [0.1, 0.15) is 24.4 Å². The molecule has 1 aliphatic rings. The molecule has 1 rings (SSSR count). The lowest BCUT2D eigenvalue weighted by Gasteiger charge is -2.41. The van der Waals surface area contributed by atoms with Gasteiger partial charge >= 0.3 is 5.97 Å². The fourth-order valence-corrected chi connectivity index (χ4v) is 11.0. The average Bonchev–Trinajstić information content (AvgIpc) is 2.92. The summed E-state index contributed by atoms with van der Waals surface area (Å²) in [6.45, 7) is 5.71. The lowest BCUT2D eigenvalue weighted by molar-refractivity contribution is -0.305. The van der Waals surface area contributed by atoms with Crippen LogP contribution in [0.3, 0.4) is 0 Å². The zero-order chi connectivity index (χ0) is 61.7. The first kappa shape index (κ1) is 80.1. The van der Waals surface area contributed by atoms with E-state index in [1.165, 1.54) is 180 Å². The number of aliphatic hydroxyl groups excluding tert-OH is 5. The summed E-state index contributed by atoms with van der Waals surface area (Å²) in [4.78, 5) is 26.7. The highest BCUT2D eigenvalue weighted by Gasteiger charge is 2.47. The highest BCUT2D eigenvalue weighted by Crippen LogP contribution is 2.26. The van der Waals surface area contributed by atoms with Crippen molar-refractivity contribution in [3.63, 3.8) is 0 Å². The van der Waals surface area contributed by atoms with Crippen molar-refractivity contribution in [3.05, 3.63) is 72.9 Å². The van der Waals surface area contributed by atoms with Crippen LogP contribution in [0.2, 0.25) is 0 Å². The summed E-state index contributed by atoms with van der Waals surface area (Å²) >= 11 is 0. The van der Waals surface area contributed by atoms with Crippen molar-refractivity contribution < 1.29 is 49.3 Å². The first-order chi connectivity index (χ1) is 41.7. The highest BCUT2D eigenvalue weighted by atomic mass is 16.7. The molecule has 0 aromatic heterocycles. The maximum atomic E-state index is 13.5. The minimum absolute atomic E-state index is 0.119. The van der Waals surface area contributed by atoms with Crippen molar-refractivity contribution in [3.8, 4) is 0 Å². The van der Waals surface area contributed by atoms with Gasteiger partial charge in [-0.3, -0.25) is 9.59 Å². The smallest absolute Gasteiger partial charge is 0.306 e. The molecule has 1 saturated heterocycles. The van der Waals surface area contributed by atoms with Crippen molar-refractivity contribution in [1.82, 2.24) is 5.32 Å². The fourth-order valence-electron chi connectivity index (χ4n) is 11.0. The number of carbonyl (C=O) groups is 2. The molecule has 1 fully saturated rings. The monoisotopic (exact) mass is 1200 g/mol. The van der Waals surface area contributed by atoms with Crippen molar-refractivity contribution in [2.75, 3.05) is 13.2 Å². The summed E-state index contributed by atoms with van der Waals surface area (Å²) in [5.41, 5.74) is 0. The number of aliphatic hydroxyl groups is 5. The van der Waals surface area contributed by atoms with E-state index in [0.717, 1.165) is 96.3 Å². The topological polar surface area (TPSA) is 175 Å². The average molecular weight is 1200 g/mol. The van der Waals surface area contributed by atoms with E-state index in [1.54, 1.807) is 6.08 Å². The number of ether oxygens (including phenoxy) is 3. The Balaban J connectivity index is 2.53. The molecule has 8 atom stereocenters. The van der Waals surface area contributed by atoms with Gasteiger partial charge in [-0.1, -0.05) is 318 Å². The Morgan fingerprint density at radius 3 is 1.27 bits per heavy atom. The zero-order valence-corrected chi connectivity index (χ0v) is 55.0. The lowest BCUT2D eigenvalue weighted by Crippen LogP contribution is -2.61. The van der Waals surface area contributed by atoms with Crippen LogP contribution < -0.4 is 5.32 Å². The highest BCUT2D eigenvalue weighted by molar-refractivity contribution is 5.80. The number of unbranched alkanes of at least 4 members (excludes halogenated alkanes) is 37. The normalized spacial score (nSPS) is 18.8. The van der Waals surface area contributed by atoms with Gasteiger partial charge in [-0.25, -0.2) is 0 Å². The van der Waals surface area contributed by atoms with Crippen molar-refractivity contribution in [2.24, 2.45) is 0 Å². The standard InChI is InChI=1S/C74H133NO10/c1-4-7-10-13-16-19-22-24-26-28-30-31-32-33-34-35-36-37-38-40-42-44-47-50-53-56-59-62-69(79)85-72-71(81)70(80)68(63-76)84-74(72)83-64-65(66(77)60-57-54-51-48-45-21-18-15-12-9-6-3)75-73(82)67(78)61-58-55-52-49-46-43-41-39-29-27-25-23-20-17-14-11-8-5-2/h7,10,16,19,24,26,30-31,33-34,57,60,65-68,70-72,74,76-78,80-81H,4-6,8-9,11-15,17-18,20-23,25,27-29,32,35-56,58-59,61-64H2,1-3H3,(H,75,82)/b10-7-,19-16-,26-24-,31-30-,34-33-,60-57+. The third kappa shape index (κ3) is 48.7. The van der Waals surface area contributed by atoms with Gasteiger partial charge < -0.3 is 45.1 Å². The minimum Gasteiger partial charge on any atom is -0.454 e. The molecule has 1 amide bonds. The Bertz CT molecular complexity index is 1660. The maximum absolute atomic E-state index is 13.5. The molecule has 0 bridgehead atoms. The van der Waals surface area contributed by atoms with Crippen molar-refractivity contribution in [2.45, 2.75) is 372 Å². The zero-order valence-electron chi connectivity index (χ0n) is 55.0. The summed E-state index contributed by atoms with van der Waals surface area (Å²) < 4.78 is 17.7. The number of amides is 1. The van der Waals surface area contributed by atoms with E-state index in [1.807, 2.05) is 6.08 Å². The Labute approximate surface area is 521 Å². The third-order valence-corrected chi connectivity index (χ3v) is 16.6. The summed E-state index contributed by atoms with van der Waals surface area (Å²) in [5.74, 6) is -1.19. The first-order valence-electron chi connectivity index (χ1n) is 35.7. The maximum Gasteiger partial charge on any atom is 0.306 e. The predicted molar refractivity (Wildman–Crippen MR) is 356 cm³/mol. The second-order valence-electron chi connectivity index (χ2n) is 24.6. The summed E-state index contributed by atoms with van der Waals surface area (Å²) in [7, 11) is 0. The van der Waals surface area contributed by atoms with Crippen LogP contribution >= 0.6 is 0 Å². The molecule has 11 heteroatoms. The number of hydrogen-bond donors (Lipinski definition) is 6. The van der Waals surface area contributed by atoms with E-state index in [2.05, 4.69) is 86.8 Å². The van der Waals surface area contributed by atoms with Crippen LogP contribution in [0.1, 0.15) is 323 Å². The second-order valence-corrected chi connectivity index (χ2v) is 24.6. The van der Waals surface area contributed by atoms with E-state index in [9.17, 15) is 35.1 Å². The van der Waals surface area contributed by atoms with Crippen molar-refractivity contribution >= 4 is 11.9 Å². The summed E-state index contributed by atoms with van der Waals surface area (Å²) in [6.07, 6.45) is 69.4. The van der Waals surface area contributed by atoms with Crippen LogP contribution in [-0.2, 0) is 23.8 Å². The Morgan fingerprint density at radius 1 is 0.471 bits per heavy atom. The molecule has 494 valence electrons. The van der Waals surface area contributed by atoms with Crippen LogP contribution in [0.5, 0.6) is 0 Å². The number of esters is 1. The van der Waals surface area contributed by atoms with Gasteiger partial charge in [0.05, 0.1) is 25.4 Å². The van der Waals surface area contributed by atoms with E-state index >= 15 is 0 Å². The van der Waals surface area contributed by atoms with Crippen LogP contribution in [0.15, 0.2) is 72.9 Å². The number of rotatable bonds is 61. The molecule has 0 aliphatic carbocycles. The number of carbonyl (C=O) groups excluding carboxylic acids is 2. The van der Waals surface area contributed by atoms with Gasteiger partial charge in [0.15, 0.2) is 12.4 Å². The molecular formula is C74H133NO10. The van der Waals surface area contributed by atoms with E-state index in [4.69, 9.17) is 14.2 Å². The quantitative estimate of drug-likeness (QED) is 0.0195. The molecule has 11 nitrogen and oxygen atoms in total. The molecule has 0 aromatic rings. The predicted octanol–water partition coefficient (Wildman–Crippen LogP) is 18.3. The Hall–Kier alpha value is -2.90. The SMILES string of the molecule is CC/C=C\C/C=C\C/C=C\C/C=C\C/C=C\CCCCCCCCCCCCCC(=O)OC1C(OCC(NC(=O)C(O)CCCCCCCCCCCCCCCCCCCC)C(O)/C=C/CCCCCCCCCCC)OC(CO)C(O)C1O. The van der Waals surface area contributed by atoms with Crippen LogP contribution in [0, 0.1) is 0 Å².